The zero-order valence-corrected chi connectivity index (χ0v) is 12.8. The van der Waals surface area contributed by atoms with Gasteiger partial charge in [0.15, 0.2) is 5.82 Å². The maximum atomic E-state index is 9.40. The van der Waals surface area contributed by atoms with E-state index in [0.29, 0.717) is 12.2 Å². The summed E-state index contributed by atoms with van der Waals surface area (Å²) in [6.07, 6.45) is 6.05. The summed E-state index contributed by atoms with van der Waals surface area (Å²) >= 11 is 0. The number of phenolic OH excluding ortho intramolecular Hbond substituents is 1. The summed E-state index contributed by atoms with van der Waals surface area (Å²) in [5.74, 6) is 0.832. The van der Waals surface area contributed by atoms with Crippen LogP contribution in [0.4, 0.5) is 0 Å². The second-order valence-electron chi connectivity index (χ2n) is 5.49. The van der Waals surface area contributed by atoms with E-state index in [1.165, 1.54) is 0 Å². The van der Waals surface area contributed by atoms with Crippen LogP contribution in [0.2, 0.25) is 0 Å². The van der Waals surface area contributed by atoms with Crippen molar-refractivity contribution in [3.05, 3.63) is 78.4 Å². The van der Waals surface area contributed by atoms with Gasteiger partial charge in [-0.3, -0.25) is 9.97 Å². The summed E-state index contributed by atoms with van der Waals surface area (Å²) in [6, 6.07) is 14.7. The average Bonchev–Trinajstić information content (AvgIpc) is 2.63. The highest BCUT2D eigenvalue weighted by molar-refractivity contribution is 5.76. The maximum absolute atomic E-state index is 9.40. The smallest absolute Gasteiger partial charge is 0.159 e. The first-order valence-electron chi connectivity index (χ1n) is 7.59. The number of fused-ring (bicyclic) bond motifs is 1. The van der Waals surface area contributed by atoms with Gasteiger partial charge >= 0.3 is 0 Å². The van der Waals surface area contributed by atoms with E-state index in [1.54, 1.807) is 36.7 Å². The van der Waals surface area contributed by atoms with E-state index in [9.17, 15) is 5.11 Å². The Labute approximate surface area is 138 Å². The summed E-state index contributed by atoms with van der Waals surface area (Å²) in [7, 11) is 0. The molecule has 0 spiro atoms. The van der Waals surface area contributed by atoms with Crippen LogP contribution < -0.4 is 0 Å². The molecule has 0 fully saturated rings. The molecule has 4 rings (SSSR count). The molecule has 1 N–H and O–H groups in total. The van der Waals surface area contributed by atoms with Crippen molar-refractivity contribution in [1.82, 2.24) is 19.9 Å². The first kappa shape index (κ1) is 14.3. The fourth-order valence-electron chi connectivity index (χ4n) is 2.52. The number of hydrogen-bond acceptors (Lipinski definition) is 5. The van der Waals surface area contributed by atoms with E-state index in [4.69, 9.17) is 0 Å². The number of pyridine rings is 2. The van der Waals surface area contributed by atoms with Gasteiger partial charge in [-0.05, 0) is 48.0 Å². The first-order chi connectivity index (χ1) is 11.8. The van der Waals surface area contributed by atoms with Crippen molar-refractivity contribution in [3.8, 4) is 17.1 Å². The van der Waals surface area contributed by atoms with Gasteiger partial charge in [0, 0.05) is 30.1 Å². The molecule has 0 saturated carbocycles. The number of aromatic hydroxyl groups is 1. The topological polar surface area (TPSA) is 71.8 Å². The minimum atomic E-state index is 0.221. The summed E-state index contributed by atoms with van der Waals surface area (Å²) in [5, 5.41) is 9.40. The van der Waals surface area contributed by atoms with Gasteiger partial charge in [0.05, 0.1) is 11.7 Å². The molecule has 4 aromatic rings. The fourth-order valence-corrected chi connectivity index (χ4v) is 2.52. The molecule has 5 nitrogen and oxygen atoms in total. The molecule has 0 aliphatic carbocycles. The molecule has 0 bridgehead atoms. The number of rotatable bonds is 3. The molecule has 3 heterocycles. The number of hydrogen-bond donors (Lipinski definition) is 1. The van der Waals surface area contributed by atoms with Crippen molar-refractivity contribution in [3.63, 3.8) is 0 Å². The minimum absolute atomic E-state index is 0.221. The second kappa shape index (κ2) is 6.04. The highest BCUT2D eigenvalue weighted by Crippen LogP contribution is 2.21. The Morgan fingerprint density at radius 2 is 1.71 bits per heavy atom. The number of benzene rings is 1. The van der Waals surface area contributed by atoms with Crippen LogP contribution in [0.5, 0.6) is 5.75 Å². The lowest BCUT2D eigenvalue weighted by Crippen LogP contribution is -1.95. The van der Waals surface area contributed by atoms with Crippen LogP contribution in [0.3, 0.4) is 0 Å². The molecule has 0 amide bonds. The molecule has 0 atom stereocenters. The zero-order valence-electron chi connectivity index (χ0n) is 12.8. The van der Waals surface area contributed by atoms with Gasteiger partial charge in [-0.15, -0.1) is 0 Å². The Bertz CT molecular complexity index is 985. The van der Waals surface area contributed by atoms with Crippen molar-refractivity contribution < 1.29 is 5.11 Å². The highest BCUT2D eigenvalue weighted by Gasteiger charge is 2.06. The SMILES string of the molecule is Oc1ccc(-c2ncc3ncc(Cc4ccccn4)cc3n2)cc1. The Morgan fingerprint density at radius 1 is 0.833 bits per heavy atom. The van der Waals surface area contributed by atoms with E-state index in [2.05, 4.69) is 19.9 Å². The molecule has 24 heavy (non-hydrogen) atoms. The van der Waals surface area contributed by atoms with E-state index < -0.39 is 0 Å². The van der Waals surface area contributed by atoms with Crippen LogP contribution in [0.1, 0.15) is 11.3 Å². The van der Waals surface area contributed by atoms with E-state index in [-0.39, 0.29) is 5.75 Å². The van der Waals surface area contributed by atoms with Crippen LogP contribution in [0.15, 0.2) is 67.1 Å². The lowest BCUT2D eigenvalue weighted by Gasteiger charge is -2.05. The molecular weight excluding hydrogens is 300 g/mol. The minimum Gasteiger partial charge on any atom is -0.508 e. The van der Waals surface area contributed by atoms with Gasteiger partial charge in [0.1, 0.15) is 11.3 Å². The molecule has 0 unspecified atom stereocenters. The maximum Gasteiger partial charge on any atom is 0.159 e. The third-order valence-electron chi connectivity index (χ3n) is 3.73. The third kappa shape index (κ3) is 2.92. The Kier molecular flexibility index (Phi) is 3.59. The predicted molar refractivity (Wildman–Crippen MR) is 91.5 cm³/mol. The summed E-state index contributed by atoms with van der Waals surface area (Å²) in [5.41, 5.74) is 4.44. The largest absolute Gasteiger partial charge is 0.508 e. The molecule has 0 saturated heterocycles. The van der Waals surface area contributed by atoms with Crippen LogP contribution in [0.25, 0.3) is 22.4 Å². The number of phenols is 1. The third-order valence-corrected chi connectivity index (χ3v) is 3.73. The Hall–Kier alpha value is -3.34. The molecule has 116 valence electrons. The Balaban J connectivity index is 1.71. The molecule has 1 aromatic carbocycles. The molecule has 5 heteroatoms. The van der Waals surface area contributed by atoms with E-state index in [1.807, 2.05) is 30.5 Å². The van der Waals surface area contributed by atoms with Crippen molar-refractivity contribution in [2.45, 2.75) is 6.42 Å². The van der Waals surface area contributed by atoms with E-state index in [0.717, 1.165) is 27.9 Å². The molecule has 0 radical (unpaired) electrons. The summed E-state index contributed by atoms with van der Waals surface area (Å²) in [6.45, 7) is 0. The lowest BCUT2D eigenvalue weighted by atomic mass is 10.1. The van der Waals surface area contributed by atoms with Crippen LogP contribution in [-0.2, 0) is 6.42 Å². The van der Waals surface area contributed by atoms with Crippen molar-refractivity contribution in [1.29, 1.82) is 0 Å². The van der Waals surface area contributed by atoms with Gasteiger partial charge in [-0.25, -0.2) is 9.97 Å². The normalized spacial score (nSPS) is 10.8. The van der Waals surface area contributed by atoms with Crippen LogP contribution in [-0.4, -0.2) is 25.0 Å². The fraction of sp³-hybridized carbons (Fsp3) is 0.0526. The monoisotopic (exact) mass is 314 g/mol. The van der Waals surface area contributed by atoms with Gasteiger partial charge in [-0.2, -0.15) is 0 Å². The first-order valence-corrected chi connectivity index (χ1v) is 7.59. The average molecular weight is 314 g/mol. The van der Waals surface area contributed by atoms with E-state index >= 15 is 0 Å². The van der Waals surface area contributed by atoms with Gasteiger partial charge in [0.25, 0.3) is 0 Å². The van der Waals surface area contributed by atoms with Gasteiger partial charge < -0.3 is 5.11 Å². The molecule has 0 aliphatic rings. The lowest BCUT2D eigenvalue weighted by molar-refractivity contribution is 0.475. The number of aromatic nitrogens is 4. The molecular formula is C19H14N4O. The summed E-state index contributed by atoms with van der Waals surface area (Å²) < 4.78 is 0. The molecule has 3 aromatic heterocycles. The van der Waals surface area contributed by atoms with Gasteiger partial charge in [0.2, 0.25) is 0 Å². The quantitative estimate of drug-likeness (QED) is 0.627. The van der Waals surface area contributed by atoms with Crippen molar-refractivity contribution in [2.75, 3.05) is 0 Å². The van der Waals surface area contributed by atoms with Gasteiger partial charge in [-0.1, -0.05) is 6.07 Å². The highest BCUT2D eigenvalue weighted by atomic mass is 16.3. The predicted octanol–water partition coefficient (Wildman–Crippen LogP) is 3.38. The van der Waals surface area contributed by atoms with Crippen LogP contribution in [0, 0.1) is 0 Å². The Morgan fingerprint density at radius 3 is 2.50 bits per heavy atom. The van der Waals surface area contributed by atoms with Crippen LogP contribution >= 0.6 is 0 Å². The summed E-state index contributed by atoms with van der Waals surface area (Å²) in [4.78, 5) is 17.7. The molecule has 0 aliphatic heterocycles. The van der Waals surface area contributed by atoms with Crippen molar-refractivity contribution >= 4 is 11.0 Å². The standard InChI is InChI=1S/C19H14N4O/c24-16-6-4-14(5-7-16)19-22-12-18-17(23-19)10-13(11-21-18)9-15-3-1-2-8-20-15/h1-8,10-12,24H,9H2. The number of nitrogens with zero attached hydrogens (tertiary/aromatic N) is 4. The van der Waals surface area contributed by atoms with Crippen molar-refractivity contribution in [2.24, 2.45) is 0 Å². The zero-order chi connectivity index (χ0) is 16.4. The second-order valence-corrected chi connectivity index (χ2v) is 5.49.